The van der Waals surface area contributed by atoms with Crippen LogP contribution in [0.2, 0.25) is 0 Å². The third-order valence-electron chi connectivity index (χ3n) is 3.14. The molecule has 0 radical (unpaired) electrons. The Morgan fingerprint density at radius 1 is 1.30 bits per heavy atom. The molecule has 6 nitrogen and oxygen atoms in total. The maximum atomic E-state index is 12.2. The lowest BCUT2D eigenvalue weighted by Gasteiger charge is -2.33. The predicted octanol–water partition coefficient (Wildman–Crippen LogP) is 2.16. The van der Waals surface area contributed by atoms with Crippen LogP contribution in [0.25, 0.3) is 0 Å². The smallest absolute Gasteiger partial charge is 0.289 e. The molecule has 1 aliphatic rings. The van der Waals surface area contributed by atoms with Crippen molar-refractivity contribution in [3.63, 3.8) is 0 Å². The summed E-state index contributed by atoms with van der Waals surface area (Å²) in [6, 6.07) is 3.42. The SMILES string of the molecule is Cc1nnc(N2CCN(C(=O)c3ccc(Br)o3)CC2)s1. The highest BCUT2D eigenvalue weighted by Crippen LogP contribution is 2.22. The van der Waals surface area contributed by atoms with Gasteiger partial charge in [-0.1, -0.05) is 11.3 Å². The molecule has 2 aromatic heterocycles. The predicted molar refractivity (Wildman–Crippen MR) is 79.2 cm³/mol. The van der Waals surface area contributed by atoms with E-state index in [1.54, 1.807) is 28.4 Å². The average Bonchev–Trinajstić information content (AvgIpc) is 3.07. The number of amides is 1. The lowest BCUT2D eigenvalue weighted by atomic mass is 10.3. The number of rotatable bonds is 2. The molecule has 1 fully saturated rings. The van der Waals surface area contributed by atoms with Gasteiger partial charge in [-0.2, -0.15) is 0 Å². The molecule has 2 aromatic rings. The minimum atomic E-state index is -0.0659. The fourth-order valence-corrected chi connectivity index (χ4v) is 3.15. The Labute approximate surface area is 128 Å². The largest absolute Gasteiger partial charge is 0.444 e. The van der Waals surface area contributed by atoms with Crippen molar-refractivity contribution in [1.82, 2.24) is 15.1 Å². The Morgan fingerprint density at radius 2 is 2.05 bits per heavy atom. The van der Waals surface area contributed by atoms with Crippen LogP contribution in [0.3, 0.4) is 0 Å². The molecule has 106 valence electrons. The monoisotopic (exact) mass is 356 g/mol. The third-order valence-corrected chi connectivity index (χ3v) is 4.46. The Morgan fingerprint density at radius 3 is 2.60 bits per heavy atom. The molecule has 1 amide bonds. The topological polar surface area (TPSA) is 62.5 Å². The normalized spacial score (nSPS) is 15.7. The van der Waals surface area contributed by atoms with Crippen LogP contribution in [0.5, 0.6) is 0 Å². The number of aromatic nitrogens is 2. The number of carbonyl (C=O) groups excluding carboxylic acids is 1. The summed E-state index contributed by atoms with van der Waals surface area (Å²) in [5.41, 5.74) is 0. The van der Waals surface area contributed by atoms with Crippen LogP contribution >= 0.6 is 27.3 Å². The van der Waals surface area contributed by atoms with Crippen molar-refractivity contribution < 1.29 is 9.21 Å². The van der Waals surface area contributed by atoms with Gasteiger partial charge >= 0.3 is 0 Å². The van der Waals surface area contributed by atoms with Crippen LogP contribution in [0.15, 0.2) is 21.2 Å². The molecule has 3 rings (SSSR count). The van der Waals surface area contributed by atoms with E-state index in [4.69, 9.17) is 4.42 Å². The van der Waals surface area contributed by atoms with Crippen LogP contribution in [-0.2, 0) is 0 Å². The highest BCUT2D eigenvalue weighted by Gasteiger charge is 2.25. The summed E-state index contributed by atoms with van der Waals surface area (Å²) < 4.78 is 5.88. The number of aryl methyl sites for hydroxylation is 1. The van der Waals surface area contributed by atoms with Crippen LogP contribution in [0.1, 0.15) is 15.6 Å². The molecule has 8 heteroatoms. The van der Waals surface area contributed by atoms with Crippen molar-refractivity contribution in [2.45, 2.75) is 6.92 Å². The Hall–Kier alpha value is -1.41. The van der Waals surface area contributed by atoms with Crippen LogP contribution < -0.4 is 4.90 Å². The highest BCUT2D eigenvalue weighted by molar-refractivity contribution is 9.10. The quantitative estimate of drug-likeness (QED) is 0.824. The standard InChI is InChI=1S/C12H13BrN4O2S/c1-8-14-15-12(20-8)17-6-4-16(5-7-17)11(18)9-2-3-10(13)19-9/h2-3H,4-7H2,1H3. The zero-order valence-corrected chi connectivity index (χ0v) is 13.3. The second kappa shape index (κ2) is 5.53. The lowest BCUT2D eigenvalue weighted by Crippen LogP contribution is -2.48. The average molecular weight is 357 g/mol. The summed E-state index contributed by atoms with van der Waals surface area (Å²) >= 11 is 4.79. The number of furan rings is 1. The van der Waals surface area contributed by atoms with Gasteiger partial charge in [0.05, 0.1) is 0 Å². The van der Waals surface area contributed by atoms with E-state index in [0.29, 0.717) is 23.5 Å². The second-order valence-corrected chi connectivity index (χ2v) is 6.43. The summed E-state index contributed by atoms with van der Waals surface area (Å²) in [7, 11) is 0. The molecule has 0 saturated carbocycles. The van der Waals surface area contributed by atoms with Gasteiger partial charge in [0, 0.05) is 26.2 Å². The summed E-state index contributed by atoms with van der Waals surface area (Å²) in [6.07, 6.45) is 0. The number of carbonyl (C=O) groups is 1. The van der Waals surface area contributed by atoms with E-state index in [1.807, 2.05) is 6.92 Å². The van der Waals surface area contributed by atoms with Gasteiger partial charge < -0.3 is 14.2 Å². The first-order chi connectivity index (χ1) is 9.63. The van der Waals surface area contributed by atoms with Crippen LogP contribution in [0, 0.1) is 6.92 Å². The van der Waals surface area contributed by atoms with Crippen LogP contribution in [-0.4, -0.2) is 47.2 Å². The summed E-state index contributed by atoms with van der Waals surface area (Å²) in [5.74, 6) is 0.306. The molecule has 0 unspecified atom stereocenters. The first-order valence-corrected chi connectivity index (χ1v) is 7.84. The molecule has 0 bridgehead atoms. The van der Waals surface area contributed by atoms with Gasteiger partial charge in [-0.05, 0) is 35.0 Å². The number of nitrogens with zero attached hydrogens (tertiary/aromatic N) is 4. The maximum absolute atomic E-state index is 12.2. The fourth-order valence-electron chi connectivity index (χ4n) is 2.10. The molecular formula is C12H13BrN4O2S. The van der Waals surface area contributed by atoms with Gasteiger partial charge in [0.15, 0.2) is 10.4 Å². The van der Waals surface area contributed by atoms with Crippen molar-refractivity contribution in [2.75, 3.05) is 31.1 Å². The highest BCUT2D eigenvalue weighted by atomic mass is 79.9. The molecule has 1 saturated heterocycles. The van der Waals surface area contributed by atoms with Crippen molar-refractivity contribution in [3.05, 3.63) is 27.6 Å². The number of hydrogen-bond donors (Lipinski definition) is 0. The van der Waals surface area contributed by atoms with Gasteiger partial charge in [0.1, 0.15) is 5.01 Å². The first kappa shape index (κ1) is 13.6. The van der Waals surface area contributed by atoms with Gasteiger partial charge in [0.2, 0.25) is 5.13 Å². The number of anilines is 1. The molecule has 0 atom stereocenters. The van der Waals surface area contributed by atoms with E-state index in [2.05, 4.69) is 31.0 Å². The molecule has 1 aliphatic heterocycles. The number of halogens is 1. The van der Waals surface area contributed by atoms with Gasteiger partial charge in [-0.25, -0.2) is 0 Å². The summed E-state index contributed by atoms with van der Waals surface area (Å²) in [4.78, 5) is 16.2. The minimum Gasteiger partial charge on any atom is -0.444 e. The van der Waals surface area contributed by atoms with Gasteiger partial charge in [-0.3, -0.25) is 4.79 Å². The van der Waals surface area contributed by atoms with Crippen molar-refractivity contribution in [2.24, 2.45) is 0 Å². The van der Waals surface area contributed by atoms with E-state index in [0.717, 1.165) is 23.2 Å². The molecular weight excluding hydrogens is 344 g/mol. The van der Waals surface area contributed by atoms with Crippen molar-refractivity contribution in [3.8, 4) is 0 Å². The van der Waals surface area contributed by atoms with Crippen LogP contribution in [0.4, 0.5) is 5.13 Å². The van der Waals surface area contributed by atoms with E-state index >= 15 is 0 Å². The molecule has 0 spiro atoms. The zero-order chi connectivity index (χ0) is 14.1. The second-order valence-electron chi connectivity index (χ2n) is 4.49. The fraction of sp³-hybridized carbons (Fsp3) is 0.417. The maximum Gasteiger partial charge on any atom is 0.289 e. The molecule has 0 aliphatic carbocycles. The van der Waals surface area contributed by atoms with E-state index < -0.39 is 0 Å². The van der Waals surface area contributed by atoms with Gasteiger partial charge in [0.25, 0.3) is 5.91 Å². The first-order valence-electron chi connectivity index (χ1n) is 6.23. The number of piperazine rings is 1. The molecule has 3 heterocycles. The summed E-state index contributed by atoms with van der Waals surface area (Å²) in [6.45, 7) is 4.80. The lowest BCUT2D eigenvalue weighted by molar-refractivity contribution is 0.0713. The zero-order valence-electron chi connectivity index (χ0n) is 10.9. The third kappa shape index (κ3) is 2.71. The van der Waals surface area contributed by atoms with E-state index in [9.17, 15) is 4.79 Å². The van der Waals surface area contributed by atoms with Gasteiger partial charge in [-0.15, -0.1) is 10.2 Å². The van der Waals surface area contributed by atoms with Crippen molar-refractivity contribution in [1.29, 1.82) is 0 Å². The van der Waals surface area contributed by atoms with E-state index in [-0.39, 0.29) is 5.91 Å². The number of hydrogen-bond acceptors (Lipinski definition) is 6. The molecule has 0 N–H and O–H groups in total. The Balaban J connectivity index is 1.62. The molecule has 0 aromatic carbocycles. The molecule has 20 heavy (non-hydrogen) atoms. The van der Waals surface area contributed by atoms with Crippen molar-refractivity contribution >= 4 is 38.3 Å². The Bertz CT molecular complexity index is 619. The minimum absolute atomic E-state index is 0.0659. The van der Waals surface area contributed by atoms with E-state index in [1.165, 1.54) is 0 Å². The Kier molecular flexibility index (Phi) is 3.75. The summed E-state index contributed by atoms with van der Waals surface area (Å²) in [5, 5.41) is 10.0.